The van der Waals surface area contributed by atoms with Crippen LogP contribution >= 0.6 is 0 Å². The lowest BCUT2D eigenvalue weighted by molar-refractivity contribution is 0.592. The van der Waals surface area contributed by atoms with Crippen LogP contribution in [0.1, 0.15) is 39.5 Å². The third-order valence-corrected chi connectivity index (χ3v) is 5.16. The summed E-state index contributed by atoms with van der Waals surface area (Å²) < 4.78 is 47.8. The van der Waals surface area contributed by atoms with Gasteiger partial charge in [-0.05, 0) is 12.8 Å². The minimum absolute atomic E-state index is 0.186. The van der Waals surface area contributed by atoms with Gasteiger partial charge in [0.25, 0.3) is 0 Å². The van der Waals surface area contributed by atoms with Gasteiger partial charge in [0.2, 0.25) is 0 Å². The smallest absolute Gasteiger partial charge is 0.0830 e. The van der Waals surface area contributed by atoms with E-state index in [1.54, 1.807) is 0 Å². The molecule has 0 aromatic carbocycles. The van der Waals surface area contributed by atoms with Crippen LogP contribution in [0, 0.1) is 0 Å². The molecule has 0 aromatic heterocycles. The van der Waals surface area contributed by atoms with Crippen molar-refractivity contribution in [1.29, 1.82) is 0 Å². The summed E-state index contributed by atoms with van der Waals surface area (Å²) in [5, 5.41) is 0. The molecule has 7 heteroatoms. The highest BCUT2D eigenvalue weighted by atomic mass is 32.3. The fourth-order valence-corrected chi connectivity index (χ4v) is 4.19. The Morgan fingerprint density at radius 2 is 1.13 bits per heavy atom. The second-order valence-electron chi connectivity index (χ2n) is 3.35. The first-order valence-electron chi connectivity index (χ1n) is 5.02. The number of hydrogen-bond acceptors (Lipinski definition) is 4. The van der Waals surface area contributed by atoms with E-state index in [0.717, 1.165) is 0 Å². The van der Waals surface area contributed by atoms with Gasteiger partial charge in [-0.1, -0.05) is 26.7 Å². The summed E-state index contributed by atoms with van der Waals surface area (Å²) in [6.45, 7) is 3.67. The van der Waals surface area contributed by atoms with E-state index in [1.165, 1.54) is 0 Å². The monoisotopic (exact) mass is 256 g/mol. The van der Waals surface area contributed by atoms with Gasteiger partial charge in [0, 0.05) is 11.5 Å². The van der Waals surface area contributed by atoms with E-state index in [9.17, 15) is 16.8 Å². The normalized spacial score (nSPS) is 12.9. The van der Waals surface area contributed by atoms with Gasteiger partial charge in [0.1, 0.15) is 0 Å². The molecule has 0 heterocycles. The third kappa shape index (κ3) is 7.75. The second kappa shape index (κ2) is 6.44. The topological polar surface area (TPSA) is 82.4 Å². The predicted molar refractivity (Wildman–Crippen MR) is 60.7 cm³/mol. The fourth-order valence-electron chi connectivity index (χ4n) is 0.901. The van der Waals surface area contributed by atoms with Crippen molar-refractivity contribution in [3.63, 3.8) is 0 Å². The molecule has 92 valence electrons. The molecule has 0 unspecified atom stereocenters. The van der Waals surface area contributed by atoms with Crippen LogP contribution in [-0.2, 0) is 20.0 Å². The van der Waals surface area contributed by atoms with E-state index in [0.29, 0.717) is 25.7 Å². The van der Waals surface area contributed by atoms with Gasteiger partial charge in [-0.15, -0.1) is 0 Å². The third-order valence-electron chi connectivity index (χ3n) is 1.74. The van der Waals surface area contributed by atoms with Crippen molar-refractivity contribution in [3.05, 3.63) is 4.13 Å². The molecule has 0 N–H and O–H groups in total. The lowest BCUT2D eigenvalue weighted by Crippen LogP contribution is -2.13. The zero-order valence-electron chi connectivity index (χ0n) is 9.14. The van der Waals surface area contributed by atoms with Crippen LogP contribution in [0.2, 0.25) is 0 Å². The van der Waals surface area contributed by atoms with E-state index in [2.05, 4.69) is 4.13 Å². The lowest BCUT2D eigenvalue weighted by atomic mass is 10.4. The molecule has 5 nitrogen and oxygen atoms in total. The first-order chi connectivity index (χ1) is 6.83. The molecule has 0 atom stereocenters. The van der Waals surface area contributed by atoms with Crippen molar-refractivity contribution >= 4 is 20.0 Å². The maximum atomic E-state index is 11.2. The molecule has 0 aliphatic heterocycles. The highest BCUT2D eigenvalue weighted by Crippen LogP contribution is 2.14. The quantitative estimate of drug-likeness (QED) is 0.660. The summed E-state index contributed by atoms with van der Waals surface area (Å²) in [4.78, 5) is 0. The summed E-state index contributed by atoms with van der Waals surface area (Å²) in [5.74, 6) is -0.371. The lowest BCUT2D eigenvalue weighted by Gasteiger charge is -2.19. The first-order valence-corrected chi connectivity index (χ1v) is 8.24. The van der Waals surface area contributed by atoms with E-state index in [-0.39, 0.29) is 11.5 Å². The van der Waals surface area contributed by atoms with Crippen LogP contribution < -0.4 is 0 Å². The van der Waals surface area contributed by atoms with Crippen molar-refractivity contribution in [2.45, 2.75) is 39.5 Å². The van der Waals surface area contributed by atoms with E-state index in [4.69, 9.17) is 0 Å². The van der Waals surface area contributed by atoms with Gasteiger partial charge in [-0.25, -0.2) is 16.8 Å². The zero-order chi connectivity index (χ0) is 11.9. The molecule has 0 aliphatic carbocycles. The number of nitrogens with zero attached hydrogens (tertiary/aromatic N) is 1. The Balaban J connectivity index is 4.32. The van der Waals surface area contributed by atoms with E-state index < -0.39 is 20.0 Å². The van der Waals surface area contributed by atoms with Crippen molar-refractivity contribution in [2.75, 3.05) is 11.5 Å². The molecule has 0 bridgehead atoms. The summed E-state index contributed by atoms with van der Waals surface area (Å²) in [6.07, 6.45) is 2.28. The van der Waals surface area contributed by atoms with Gasteiger partial charge in [0.05, 0.1) is 20.0 Å². The Hall–Kier alpha value is -0.140. The van der Waals surface area contributed by atoms with Gasteiger partial charge >= 0.3 is 0 Å². The maximum absolute atomic E-state index is 11.2. The first kappa shape index (κ1) is 14.9. The summed E-state index contributed by atoms with van der Waals surface area (Å²) in [6, 6.07) is 0. The van der Waals surface area contributed by atoms with Crippen LogP contribution in [0.5, 0.6) is 0 Å². The highest BCUT2D eigenvalue weighted by Gasteiger charge is 2.07. The highest BCUT2D eigenvalue weighted by molar-refractivity contribution is 8.12. The summed E-state index contributed by atoms with van der Waals surface area (Å²) in [7, 11) is -7.59. The molecule has 0 saturated heterocycles. The van der Waals surface area contributed by atoms with Crippen molar-refractivity contribution < 1.29 is 16.8 Å². The van der Waals surface area contributed by atoms with Crippen molar-refractivity contribution in [1.82, 2.24) is 0 Å². The fraction of sp³-hybridized carbons (Fsp3) is 1.00. The largest absolute Gasteiger partial charge is 0.436 e. The van der Waals surface area contributed by atoms with Gasteiger partial charge in [-0.2, -0.15) is 0 Å². The minimum atomic E-state index is -3.79. The van der Waals surface area contributed by atoms with Crippen LogP contribution in [0.4, 0.5) is 0 Å². The minimum Gasteiger partial charge on any atom is -0.436 e. The molecule has 0 spiro atoms. The van der Waals surface area contributed by atoms with Gasteiger partial charge < -0.3 is 4.13 Å². The number of sulfonamides is 2. The Kier molecular flexibility index (Phi) is 6.38. The van der Waals surface area contributed by atoms with Crippen LogP contribution in [0.3, 0.4) is 0 Å². The number of hydrogen-bond donors (Lipinski definition) is 0. The van der Waals surface area contributed by atoms with E-state index in [1.807, 2.05) is 13.8 Å². The molecule has 0 fully saturated rings. The Morgan fingerprint density at radius 1 is 0.800 bits per heavy atom. The average Bonchev–Trinajstić information content (AvgIpc) is 2.10. The predicted octanol–water partition coefficient (Wildman–Crippen LogP) is 1.62. The van der Waals surface area contributed by atoms with Crippen LogP contribution in [-0.4, -0.2) is 28.3 Å². The Labute approximate surface area is 92.4 Å². The zero-order valence-corrected chi connectivity index (χ0v) is 10.8. The molecule has 15 heavy (non-hydrogen) atoms. The molecule has 0 radical (unpaired) electrons. The second-order valence-corrected chi connectivity index (χ2v) is 7.09. The summed E-state index contributed by atoms with van der Waals surface area (Å²) >= 11 is 0. The standard InChI is InChI=1S/C8H18NO4S2/c1-3-5-7-14(10,11)9-15(12,13)8-6-4-2/h3-8H2,1-2H3/q-1. The van der Waals surface area contributed by atoms with Crippen molar-refractivity contribution in [3.8, 4) is 0 Å². The molecule has 0 rings (SSSR count). The Morgan fingerprint density at radius 3 is 1.40 bits per heavy atom. The molecule has 0 aliphatic rings. The molecule has 0 amide bonds. The van der Waals surface area contributed by atoms with Crippen LogP contribution in [0.15, 0.2) is 0 Å². The van der Waals surface area contributed by atoms with Crippen LogP contribution in [0.25, 0.3) is 4.13 Å². The maximum Gasteiger partial charge on any atom is 0.0830 e. The SMILES string of the molecule is CCCCS(=O)(=O)[N-]S(=O)(=O)CCCC. The van der Waals surface area contributed by atoms with Gasteiger partial charge in [-0.3, -0.25) is 0 Å². The number of rotatable bonds is 8. The molecule has 0 saturated carbocycles. The molecular formula is C8H18NO4S2-. The Bertz CT molecular complexity index is 322. The summed E-state index contributed by atoms with van der Waals surface area (Å²) in [5.41, 5.74) is 0. The molecule has 0 aromatic rings. The van der Waals surface area contributed by atoms with Crippen molar-refractivity contribution in [2.24, 2.45) is 0 Å². The number of unbranched alkanes of at least 4 members (excludes halogenated alkanes) is 2. The van der Waals surface area contributed by atoms with Gasteiger partial charge in [0.15, 0.2) is 0 Å². The molecular weight excluding hydrogens is 238 g/mol. The average molecular weight is 256 g/mol. The van der Waals surface area contributed by atoms with E-state index >= 15 is 0 Å².